The number of fused-ring (bicyclic) bond motifs is 1. The standard InChI is InChI=1S/C20H24N6O2S/c1-11-12(2)24-25-19-17(11)18(21)16(29-19)8-22-14-9-26(10-14)20(27)23-13-4-6-15(28-3)7-5-13/h4-7,14,22H,8-10,21H2,1-3H3,(H,23,27). The zero-order valence-corrected chi connectivity index (χ0v) is 17.5. The Morgan fingerprint density at radius 3 is 2.69 bits per heavy atom. The van der Waals surface area contributed by atoms with Gasteiger partial charge in [-0.3, -0.25) is 0 Å². The maximum atomic E-state index is 12.3. The number of benzene rings is 1. The number of nitrogens with zero attached hydrogens (tertiary/aromatic N) is 3. The van der Waals surface area contributed by atoms with Gasteiger partial charge in [-0.15, -0.1) is 16.4 Å². The van der Waals surface area contributed by atoms with E-state index in [9.17, 15) is 4.79 Å². The first-order chi connectivity index (χ1) is 14.0. The Hall–Kier alpha value is -2.91. The molecule has 2 amide bonds. The topological polar surface area (TPSA) is 105 Å². The van der Waals surface area contributed by atoms with E-state index in [1.807, 2.05) is 38.1 Å². The highest BCUT2D eigenvalue weighted by atomic mass is 32.1. The molecule has 0 aliphatic carbocycles. The molecular formula is C20H24N6O2S. The summed E-state index contributed by atoms with van der Waals surface area (Å²) < 4.78 is 5.12. The number of nitrogens with one attached hydrogen (secondary N) is 2. The second kappa shape index (κ2) is 7.84. The third-order valence-electron chi connectivity index (χ3n) is 5.27. The van der Waals surface area contributed by atoms with Crippen molar-refractivity contribution >= 4 is 39.0 Å². The van der Waals surface area contributed by atoms with Crippen LogP contribution >= 0.6 is 11.3 Å². The lowest BCUT2D eigenvalue weighted by Crippen LogP contribution is -2.60. The van der Waals surface area contributed by atoms with Crippen LogP contribution in [0.4, 0.5) is 16.2 Å². The number of methoxy groups -OCH3 is 1. The van der Waals surface area contributed by atoms with Crippen LogP contribution in [0.3, 0.4) is 0 Å². The minimum Gasteiger partial charge on any atom is -0.497 e. The van der Waals surface area contributed by atoms with Gasteiger partial charge in [-0.2, -0.15) is 5.10 Å². The highest BCUT2D eigenvalue weighted by Crippen LogP contribution is 2.34. The van der Waals surface area contributed by atoms with Crippen LogP contribution in [0.1, 0.15) is 16.1 Å². The second-order valence-electron chi connectivity index (χ2n) is 7.17. The molecule has 4 N–H and O–H groups in total. The zero-order chi connectivity index (χ0) is 20.5. The number of nitrogens with two attached hydrogens (primary N) is 1. The molecule has 2 aromatic heterocycles. The molecule has 0 radical (unpaired) electrons. The number of aryl methyl sites for hydroxylation is 2. The quantitative estimate of drug-likeness (QED) is 0.595. The molecule has 4 rings (SSSR count). The van der Waals surface area contributed by atoms with Crippen molar-refractivity contribution in [2.75, 3.05) is 31.2 Å². The van der Waals surface area contributed by atoms with E-state index in [-0.39, 0.29) is 12.1 Å². The number of anilines is 2. The summed E-state index contributed by atoms with van der Waals surface area (Å²) in [4.78, 5) is 16.0. The summed E-state index contributed by atoms with van der Waals surface area (Å²) in [5.74, 6) is 0.757. The number of hydrogen-bond donors (Lipinski definition) is 3. The summed E-state index contributed by atoms with van der Waals surface area (Å²) in [6, 6.07) is 7.43. The van der Waals surface area contributed by atoms with Gasteiger partial charge in [-0.25, -0.2) is 4.79 Å². The van der Waals surface area contributed by atoms with Gasteiger partial charge >= 0.3 is 6.03 Å². The molecule has 0 unspecified atom stereocenters. The predicted octanol–water partition coefficient (Wildman–Crippen LogP) is 2.90. The molecule has 0 atom stereocenters. The number of urea groups is 1. The monoisotopic (exact) mass is 412 g/mol. The normalized spacial score (nSPS) is 14.1. The van der Waals surface area contributed by atoms with Gasteiger partial charge < -0.3 is 26.0 Å². The summed E-state index contributed by atoms with van der Waals surface area (Å²) >= 11 is 1.57. The van der Waals surface area contributed by atoms with Gasteiger partial charge in [0, 0.05) is 41.6 Å². The fourth-order valence-electron chi connectivity index (χ4n) is 3.31. The molecule has 0 saturated carbocycles. The van der Waals surface area contributed by atoms with Gasteiger partial charge in [0.05, 0.1) is 18.5 Å². The molecule has 3 aromatic rings. The SMILES string of the molecule is COc1ccc(NC(=O)N2CC(NCc3sc4nnc(C)c(C)c4c3N)C2)cc1. The van der Waals surface area contributed by atoms with E-state index in [1.54, 1.807) is 23.3 Å². The minimum absolute atomic E-state index is 0.101. The van der Waals surface area contributed by atoms with Crippen molar-refractivity contribution in [2.45, 2.75) is 26.4 Å². The summed E-state index contributed by atoms with van der Waals surface area (Å²) in [6.45, 7) is 5.94. The lowest BCUT2D eigenvalue weighted by atomic mass is 10.1. The van der Waals surface area contributed by atoms with Gasteiger partial charge in [-0.1, -0.05) is 0 Å². The summed E-state index contributed by atoms with van der Waals surface area (Å²) in [5, 5.41) is 15.8. The number of ether oxygens (including phenoxy) is 1. The van der Waals surface area contributed by atoms with E-state index in [0.29, 0.717) is 19.6 Å². The molecule has 0 bridgehead atoms. The van der Waals surface area contributed by atoms with Crippen LogP contribution in [0.5, 0.6) is 5.75 Å². The first-order valence-corrected chi connectivity index (χ1v) is 10.2. The predicted molar refractivity (Wildman–Crippen MR) is 116 cm³/mol. The Morgan fingerprint density at radius 2 is 2.00 bits per heavy atom. The van der Waals surface area contributed by atoms with Crippen LogP contribution in [-0.4, -0.2) is 47.4 Å². The molecule has 3 heterocycles. The molecule has 1 aromatic carbocycles. The van der Waals surface area contributed by atoms with Crippen molar-refractivity contribution in [3.05, 3.63) is 40.4 Å². The number of rotatable bonds is 5. The van der Waals surface area contributed by atoms with E-state index in [0.717, 1.165) is 43.5 Å². The molecule has 1 aliphatic heterocycles. The highest BCUT2D eigenvalue weighted by Gasteiger charge is 2.30. The van der Waals surface area contributed by atoms with Crippen molar-refractivity contribution in [1.29, 1.82) is 0 Å². The average molecular weight is 413 g/mol. The van der Waals surface area contributed by atoms with Crippen molar-refractivity contribution in [2.24, 2.45) is 0 Å². The number of amides is 2. The Morgan fingerprint density at radius 1 is 1.28 bits per heavy atom. The maximum absolute atomic E-state index is 12.3. The molecule has 1 aliphatic rings. The second-order valence-corrected chi connectivity index (χ2v) is 8.25. The molecule has 8 nitrogen and oxygen atoms in total. The Kier molecular flexibility index (Phi) is 5.25. The lowest BCUT2D eigenvalue weighted by Gasteiger charge is -2.39. The van der Waals surface area contributed by atoms with Gasteiger partial charge in [0.1, 0.15) is 10.6 Å². The van der Waals surface area contributed by atoms with Gasteiger partial charge in [0.15, 0.2) is 0 Å². The molecule has 9 heteroatoms. The number of aromatic nitrogens is 2. The number of likely N-dealkylation sites (tertiary alicyclic amines) is 1. The van der Waals surface area contributed by atoms with Crippen molar-refractivity contribution in [3.8, 4) is 5.75 Å². The Balaban J connectivity index is 1.30. The number of carbonyl (C=O) groups excluding carboxylic acids is 1. The van der Waals surface area contributed by atoms with Crippen molar-refractivity contribution in [3.63, 3.8) is 0 Å². The molecule has 1 saturated heterocycles. The average Bonchev–Trinajstić information content (AvgIpc) is 3.00. The zero-order valence-electron chi connectivity index (χ0n) is 16.7. The van der Waals surface area contributed by atoms with Crippen molar-refractivity contribution < 1.29 is 9.53 Å². The molecule has 1 fully saturated rings. The van der Waals surface area contributed by atoms with Crippen LogP contribution in [0.2, 0.25) is 0 Å². The smallest absolute Gasteiger partial charge is 0.321 e. The first kappa shape index (κ1) is 19.4. The van der Waals surface area contributed by atoms with E-state index >= 15 is 0 Å². The third kappa shape index (κ3) is 3.83. The van der Waals surface area contributed by atoms with Crippen LogP contribution in [0.15, 0.2) is 24.3 Å². The van der Waals surface area contributed by atoms with Crippen LogP contribution in [0.25, 0.3) is 10.2 Å². The Bertz CT molecular complexity index is 1040. The van der Waals surface area contributed by atoms with E-state index in [2.05, 4.69) is 20.8 Å². The number of hydrogen-bond acceptors (Lipinski definition) is 7. The number of thiophene rings is 1. The third-order valence-corrected chi connectivity index (χ3v) is 6.36. The van der Waals surface area contributed by atoms with Gasteiger partial charge in [0.2, 0.25) is 0 Å². The fraction of sp³-hybridized carbons (Fsp3) is 0.350. The van der Waals surface area contributed by atoms with Crippen LogP contribution < -0.4 is 21.1 Å². The maximum Gasteiger partial charge on any atom is 0.321 e. The molecule has 152 valence electrons. The van der Waals surface area contributed by atoms with E-state index < -0.39 is 0 Å². The lowest BCUT2D eigenvalue weighted by molar-refractivity contribution is 0.148. The first-order valence-electron chi connectivity index (χ1n) is 9.40. The highest BCUT2D eigenvalue weighted by molar-refractivity contribution is 7.19. The van der Waals surface area contributed by atoms with Crippen molar-refractivity contribution in [1.82, 2.24) is 20.4 Å². The molecule has 29 heavy (non-hydrogen) atoms. The number of carbonyl (C=O) groups is 1. The van der Waals surface area contributed by atoms with Gasteiger partial charge in [0.25, 0.3) is 0 Å². The molecular weight excluding hydrogens is 388 g/mol. The minimum atomic E-state index is -0.101. The van der Waals surface area contributed by atoms with Gasteiger partial charge in [-0.05, 0) is 43.7 Å². The fourth-order valence-corrected chi connectivity index (χ4v) is 4.35. The summed E-state index contributed by atoms with van der Waals surface area (Å²) in [5.41, 5.74) is 9.87. The largest absolute Gasteiger partial charge is 0.497 e. The van der Waals surface area contributed by atoms with E-state index in [4.69, 9.17) is 10.5 Å². The van der Waals surface area contributed by atoms with Crippen LogP contribution in [-0.2, 0) is 6.54 Å². The van der Waals surface area contributed by atoms with E-state index in [1.165, 1.54) is 0 Å². The summed E-state index contributed by atoms with van der Waals surface area (Å²) in [7, 11) is 1.61. The Labute approximate surface area is 173 Å². The number of nitrogen functional groups attached to an aromatic ring is 1. The summed E-state index contributed by atoms with van der Waals surface area (Å²) in [6.07, 6.45) is 0. The molecule has 0 spiro atoms. The van der Waals surface area contributed by atoms with Crippen LogP contribution in [0, 0.1) is 13.8 Å².